The number of fused-ring (bicyclic) bond motifs is 1. The summed E-state index contributed by atoms with van der Waals surface area (Å²) in [6.07, 6.45) is 1.31. The molecule has 0 amide bonds. The Balaban J connectivity index is 2.13. The van der Waals surface area contributed by atoms with Gasteiger partial charge in [0.2, 0.25) is 10.0 Å². The van der Waals surface area contributed by atoms with Crippen LogP contribution in [0.3, 0.4) is 0 Å². The minimum absolute atomic E-state index is 0.0261. The molecule has 0 spiro atoms. The SMILES string of the molecule is CNCCCC1Cc2cc(F)ccc2N(c2ccc(C)cc2F)S1(=O)=O. The van der Waals surface area contributed by atoms with E-state index < -0.39 is 26.9 Å². The van der Waals surface area contributed by atoms with Crippen LogP contribution in [0.25, 0.3) is 0 Å². The summed E-state index contributed by atoms with van der Waals surface area (Å²) in [4.78, 5) is 0. The lowest BCUT2D eigenvalue weighted by molar-refractivity contribution is 0.550. The van der Waals surface area contributed by atoms with Gasteiger partial charge in [-0.3, -0.25) is 0 Å². The maximum Gasteiger partial charge on any atom is 0.242 e. The number of hydrogen-bond acceptors (Lipinski definition) is 3. The van der Waals surface area contributed by atoms with Crippen LogP contribution in [0.15, 0.2) is 36.4 Å². The quantitative estimate of drug-likeness (QED) is 0.806. The zero-order chi connectivity index (χ0) is 18.9. The van der Waals surface area contributed by atoms with Crippen molar-refractivity contribution in [2.75, 3.05) is 17.9 Å². The van der Waals surface area contributed by atoms with Gasteiger partial charge in [0, 0.05) is 0 Å². The maximum atomic E-state index is 14.6. The molecule has 1 N–H and O–H groups in total. The summed E-state index contributed by atoms with van der Waals surface area (Å²) in [6, 6.07) is 8.39. The van der Waals surface area contributed by atoms with Crippen LogP contribution in [0.5, 0.6) is 0 Å². The predicted molar refractivity (Wildman–Crippen MR) is 99.2 cm³/mol. The van der Waals surface area contributed by atoms with E-state index in [4.69, 9.17) is 0 Å². The highest BCUT2D eigenvalue weighted by Crippen LogP contribution is 2.41. The fourth-order valence-corrected chi connectivity index (χ4v) is 5.38. The summed E-state index contributed by atoms with van der Waals surface area (Å²) in [5, 5.41) is 2.28. The first-order chi connectivity index (χ1) is 12.3. The molecule has 1 aliphatic rings. The van der Waals surface area contributed by atoms with Gasteiger partial charge in [-0.1, -0.05) is 6.07 Å². The van der Waals surface area contributed by atoms with Crippen molar-refractivity contribution in [2.45, 2.75) is 31.4 Å². The van der Waals surface area contributed by atoms with E-state index >= 15 is 0 Å². The van der Waals surface area contributed by atoms with Crippen LogP contribution in [0.2, 0.25) is 0 Å². The molecule has 0 aromatic heterocycles. The highest BCUT2D eigenvalue weighted by atomic mass is 32.2. The van der Waals surface area contributed by atoms with E-state index in [1.54, 1.807) is 20.0 Å². The fraction of sp³-hybridized carbons (Fsp3) is 0.368. The van der Waals surface area contributed by atoms with Crippen LogP contribution >= 0.6 is 0 Å². The van der Waals surface area contributed by atoms with Crippen LogP contribution in [0.1, 0.15) is 24.0 Å². The molecule has 3 rings (SSSR count). The van der Waals surface area contributed by atoms with Crippen molar-refractivity contribution in [1.29, 1.82) is 0 Å². The number of anilines is 2. The molecule has 7 heteroatoms. The lowest BCUT2D eigenvalue weighted by Crippen LogP contribution is -2.42. The highest BCUT2D eigenvalue weighted by Gasteiger charge is 2.40. The van der Waals surface area contributed by atoms with E-state index in [-0.39, 0.29) is 12.1 Å². The molecule has 4 nitrogen and oxygen atoms in total. The molecule has 0 fully saturated rings. The van der Waals surface area contributed by atoms with E-state index in [9.17, 15) is 17.2 Å². The van der Waals surface area contributed by atoms with Gasteiger partial charge in [-0.05, 0) is 81.2 Å². The number of benzene rings is 2. The molecule has 140 valence electrons. The molecular formula is C19H22F2N2O2S. The van der Waals surface area contributed by atoms with E-state index in [1.807, 2.05) is 0 Å². The van der Waals surface area contributed by atoms with Crippen molar-refractivity contribution in [1.82, 2.24) is 5.32 Å². The van der Waals surface area contributed by atoms with Gasteiger partial charge < -0.3 is 5.32 Å². The molecule has 26 heavy (non-hydrogen) atoms. The fourth-order valence-electron chi connectivity index (χ4n) is 3.35. The third kappa shape index (κ3) is 3.46. The van der Waals surface area contributed by atoms with Gasteiger partial charge in [0.1, 0.15) is 11.6 Å². The van der Waals surface area contributed by atoms with Gasteiger partial charge in [-0.15, -0.1) is 0 Å². The van der Waals surface area contributed by atoms with Crippen molar-refractivity contribution >= 4 is 21.4 Å². The number of rotatable bonds is 5. The average molecular weight is 380 g/mol. The van der Waals surface area contributed by atoms with Crippen LogP contribution < -0.4 is 9.62 Å². The lowest BCUT2D eigenvalue weighted by atomic mass is 10.0. The van der Waals surface area contributed by atoms with Crippen molar-refractivity contribution in [3.8, 4) is 0 Å². The number of nitrogens with one attached hydrogen (secondary N) is 1. The van der Waals surface area contributed by atoms with Crippen molar-refractivity contribution in [2.24, 2.45) is 0 Å². The van der Waals surface area contributed by atoms with Crippen molar-refractivity contribution < 1.29 is 17.2 Å². The van der Waals surface area contributed by atoms with Gasteiger partial charge in [0.05, 0.1) is 16.6 Å². The normalized spacial score (nSPS) is 18.6. The van der Waals surface area contributed by atoms with E-state index in [0.717, 1.165) is 4.31 Å². The van der Waals surface area contributed by atoms with Crippen LogP contribution in [0.4, 0.5) is 20.2 Å². The second-order valence-corrected chi connectivity index (χ2v) is 8.67. The number of aryl methyl sites for hydroxylation is 1. The first kappa shape index (κ1) is 18.8. The third-order valence-corrected chi connectivity index (χ3v) is 6.81. The molecule has 0 bridgehead atoms. The number of halogens is 2. The summed E-state index contributed by atoms with van der Waals surface area (Å²) < 4.78 is 55.8. The molecule has 1 atom stereocenters. The lowest BCUT2D eigenvalue weighted by Gasteiger charge is -2.35. The molecule has 0 saturated carbocycles. The van der Waals surface area contributed by atoms with Crippen LogP contribution in [0, 0.1) is 18.6 Å². The van der Waals surface area contributed by atoms with Crippen molar-refractivity contribution in [3.05, 3.63) is 59.2 Å². The summed E-state index contributed by atoms with van der Waals surface area (Å²) in [5.74, 6) is -1.04. The zero-order valence-corrected chi connectivity index (χ0v) is 15.6. The third-order valence-electron chi connectivity index (χ3n) is 4.66. The van der Waals surface area contributed by atoms with E-state index in [1.165, 1.54) is 30.3 Å². The molecule has 2 aromatic rings. The topological polar surface area (TPSA) is 49.4 Å². The van der Waals surface area contributed by atoms with Gasteiger partial charge in [0.15, 0.2) is 0 Å². The smallest absolute Gasteiger partial charge is 0.242 e. The van der Waals surface area contributed by atoms with E-state index in [0.29, 0.717) is 36.2 Å². The van der Waals surface area contributed by atoms with Gasteiger partial charge in [0.25, 0.3) is 0 Å². The molecule has 1 unspecified atom stereocenters. The van der Waals surface area contributed by atoms with Crippen LogP contribution in [-0.2, 0) is 16.4 Å². The Morgan fingerprint density at radius 3 is 2.58 bits per heavy atom. The van der Waals surface area contributed by atoms with Crippen molar-refractivity contribution in [3.63, 3.8) is 0 Å². The minimum atomic E-state index is -3.82. The van der Waals surface area contributed by atoms with Gasteiger partial charge >= 0.3 is 0 Å². The summed E-state index contributed by atoms with van der Waals surface area (Å²) in [5.41, 5.74) is 1.57. The number of nitrogens with zero attached hydrogens (tertiary/aromatic N) is 1. The monoisotopic (exact) mass is 380 g/mol. The second kappa shape index (κ2) is 7.32. The molecule has 0 saturated heterocycles. The number of sulfonamides is 1. The molecule has 0 radical (unpaired) electrons. The molecule has 1 aliphatic heterocycles. The standard InChI is InChI=1S/C19H22F2N2O2S/c1-13-5-7-19(17(21)10-13)23-18-8-6-15(20)11-14(18)12-16(26(23,24)25)4-3-9-22-2/h5-8,10-11,16,22H,3-4,9,12H2,1-2H3. The number of hydrogen-bond donors (Lipinski definition) is 1. The molecule has 1 heterocycles. The summed E-state index contributed by atoms with van der Waals surface area (Å²) in [6.45, 7) is 2.42. The summed E-state index contributed by atoms with van der Waals surface area (Å²) >= 11 is 0. The molecule has 2 aromatic carbocycles. The Bertz CT molecular complexity index is 916. The molecular weight excluding hydrogens is 358 g/mol. The largest absolute Gasteiger partial charge is 0.320 e. The first-order valence-electron chi connectivity index (χ1n) is 8.58. The Hall–Kier alpha value is -1.99. The Kier molecular flexibility index (Phi) is 5.29. The summed E-state index contributed by atoms with van der Waals surface area (Å²) in [7, 11) is -2.02. The molecule has 0 aliphatic carbocycles. The van der Waals surface area contributed by atoms with Gasteiger partial charge in [-0.2, -0.15) is 0 Å². The van der Waals surface area contributed by atoms with Crippen LogP contribution in [-0.4, -0.2) is 27.3 Å². The van der Waals surface area contributed by atoms with E-state index in [2.05, 4.69) is 5.32 Å². The second-order valence-electron chi connectivity index (χ2n) is 6.61. The zero-order valence-electron chi connectivity index (χ0n) is 14.8. The Morgan fingerprint density at radius 1 is 1.15 bits per heavy atom. The maximum absolute atomic E-state index is 14.6. The highest BCUT2D eigenvalue weighted by molar-refractivity contribution is 7.93. The Morgan fingerprint density at radius 2 is 1.88 bits per heavy atom. The predicted octanol–water partition coefficient (Wildman–Crippen LogP) is 3.67. The average Bonchev–Trinajstić information content (AvgIpc) is 2.57. The van der Waals surface area contributed by atoms with Gasteiger partial charge in [-0.25, -0.2) is 21.5 Å². The first-order valence-corrected chi connectivity index (χ1v) is 10.1. The minimum Gasteiger partial charge on any atom is -0.320 e. The Labute approximate surface area is 152 Å².